The summed E-state index contributed by atoms with van der Waals surface area (Å²) in [5.41, 5.74) is 5.24. The average molecular weight is 183 g/mol. The Balaban J connectivity index is 2.11. The number of nitrogens with zero attached hydrogens (tertiary/aromatic N) is 3. The molecule has 1 rings (SSSR count). The zero-order chi connectivity index (χ0) is 9.52. The summed E-state index contributed by atoms with van der Waals surface area (Å²) in [5, 5.41) is 13.3. The Bertz CT molecular complexity index is 245. The van der Waals surface area contributed by atoms with E-state index in [1.54, 1.807) is 0 Å². The first-order valence-electron chi connectivity index (χ1n) is 4.27. The molecule has 0 aliphatic heterocycles. The summed E-state index contributed by atoms with van der Waals surface area (Å²) in [6.45, 7) is 0.432. The molecule has 6 heteroatoms. The summed E-state index contributed by atoms with van der Waals surface area (Å²) in [6, 6.07) is 0. The zero-order valence-electron chi connectivity index (χ0n) is 7.36. The number of nitrogens with one attached hydrogen (secondary N) is 1. The molecule has 0 radical (unpaired) electrons. The number of nitrogens with two attached hydrogens (primary N) is 1. The van der Waals surface area contributed by atoms with Gasteiger partial charge in [-0.3, -0.25) is 4.79 Å². The minimum Gasteiger partial charge on any atom is -0.330 e. The van der Waals surface area contributed by atoms with E-state index in [2.05, 4.69) is 20.6 Å². The minimum atomic E-state index is 0.200. The van der Waals surface area contributed by atoms with Gasteiger partial charge in [-0.05, 0) is 13.0 Å². The Kier molecular flexibility index (Phi) is 4.04. The van der Waals surface area contributed by atoms with E-state index in [4.69, 9.17) is 5.73 Å². The second kappa shape index (κ2) is 5.36. The van der Waals surface area contributed by atoms with Gasteiger partial charge in [-0.1, -0.05) is 5.21 Å². The molecule has 0 amide bonds. The fourth-order valence-electron chi connectivity index (χ4n) is 1.02. The van der Waals surface area contributed by atoms with Crippen molar-refractivity contribution in [3.63, 3.8) is 0 Å². The number of aromatic amines is 1. The van der Waals surface area contributed by atoms with E-state index < -0.39 is 0 Å². The van der Waals surface area contributed by atoms with Gasteiger partial charge in [-0.15, -0.1) is 10.2 Å². The molecule has 0 fully saturated rings. The van der Waals surface area contributed by atoms with Gasteiger partial charge in [0, 0.05) is 19.3 Å². The van der Waals surface area contributed by atoms with E-state index in [1.165, 1.54) is 0 Å². The number of H-pyrrole nitrogens is 1. The van der Waals surface area contributed by atoms with E-state index in [0.29, 0.717) is 31.6 Å². The van der Waals surface area contributed by atoms with Crippen LogP contribution in [0.15, 0.2) is 0 Å². The van der Waals surface area contributed by atoms with Gasteiger partial charge in [-0.25, -0.2) is 0 Å². The smallest absolute Gasteiger partial charge is 0.174 e. The summed E-state index contributed by atoms with van der Waals surface area (Å²) >= 11 is 0. The van der Waals surface area contributed by atoms with Gasteiger partial charge in [0.2, 0.25) is 0 Å². The Labute approximate surface area is 75.9 Å². The fourth-order valence-corrected chi connectivity index (χ4v) is 1.02. The molecule has 0 bridgehead atoms. The normalized spacial score (nSPS) is 10.2. The number of rotatable bonds is 6. The Morgan fingerprint density at radius 2 is 2.31 bits per heavy atom. The van der Waals surface area contributed by atoms with Crippen molar-refractivity contribution in [1.29, 1.82) is 0 Å². The third-order valence-electron chi connectivity index (χ3n) is 1.67. The molecule has 3 N–H and O–H groups in total. The highest BCUT2D eigenvalue weighted by molar-refractivity contribution is 5.78. The molecule has 0 saturated carbocycles. The van der Waals surface area contributed by atoms with E-state index in [-0.39, 0.29) is 5.78 Å². The first kappa shape index (κ1) is 9.79. The van der Waals surface area contributed by atoms with Gasteiger partial charge < -0.3 is 5.73 Å². The van der Waals surface area contributed by atoms with E-state index in [1.807, 2.05) is 0 Å². The Morgan fingerprint density at radius 3 is 2.92 bits per heavy atom. The zero-order valence-corrected chi connectivity index (χ0v) is 7.36. The van der Waals surface area contributed by atoms with Gasteiger partial charge in [0.1, 0.15) is 5.78 Å². The van der Waals surface area contributed by atoms with Crippen LogP contribution in [0.3, 0.4) is 0 Å². The van der Waals surface area contributed by atoms with Crippen LogP contribution in [0.2, 0.25) is 0 Å². The number of ketones is 1. The molecule has 0 atom stereocenters. The molecule has 0 saturated heterocycles. The predicted octanol–water partition coefficient (Wildman–Crippen LogP) is -0.560. The maximum atomic E-state index is 11.0. The average Bonchev–Trinajstić information content (AvgIpc) is 2.57. The second-order valence-corrected chi connectivity index (χ2v) is 2.76. The lowest BCUT2D eigenvalue weighted by Gasteiger charge is -1.95. The molecule has 1 aromatic heterocycles. The third-order valence-corrected chi connectivity index (χ3v) is 1.67. The molecule has 0 unspecified atom stereocenters. The number of hydrogen-bond donors (Lipinski definition) is 2. The maximum Gasteiger partial charge on any atom is 0.174 e. The first-order valence-corrected chi connectivity index (χ1v) is 4.27. The monoisotopic (exact) mass is 183 g/mol. The minimum absolute atomic E-state index is 0.200. The van der Waals surface area contributed by atoms with Crippen molar-refractivity contribution in [2.75, 3.05) is 6.54 Å². The van der Waals surface area contributed by atoms with Crippen LogP contribution in [0.1, 0.15) is 25.1 Å². The number of Topliss-reactive ketones (excluding diaryl/α,β-unsaturated/α-hetero) is 1. The standard InChI is InChI=1S/C7H13N5O/c8-5-4-6(13)2-1-3-7-9-11-12-10-7/h1-5,8H2,(H,9,10,11,12). The molecule has 0 spiro atoms. The number of carbonyl (C=O) groups excluding carboxylic acids is 1. The van der Waals surface area contributed by atoms with Crippen molar-refractivity contribution >= 4 is 5.78 Å². The lowest BCUT2D eigenvalue weighted by atomic mass is 10.1. The number of hydrogen-bond acceptors (Lipinski definition) is 5. The second-order valence-electron chi connectivity index (χ2n) is 2.76. The molecule has 6 nitrogen and oxygen atoms in total. The molecule has 13 heavy (non-hydrogen) atoms. The lowest BCUT2D eigenvalue weighted by Crippen LogP contribution is -2.07. The van der Waals surface area contributed by atoms with Gasteiger partial charge in [0.05, 0.1) is 0 Å². The molecule has 0 aliphatic carbocycles. The highest BCUT2D eigenvalue weighted by Crippen LogP contribution is 1.99. The fraction of sp³-hybridized carbons (Fsp3) is 0.714. The number of carbonyl (C=O) groups is 1. The van der Waals surface area contributed by atoms with Crippen molar-refractivity contribution in [3.05, 3.63) is 5.82 Å². The Hall–Kier alpha value is -1.30. The van der Waals surface area contributed by atoms with Crippen molar-refractivity contribution in [2.24, 2.45) is 5.73 Å². The van der Waals surface area contributed by atoms with Crippen LogP contribution in [0.4, 0.5) is 0 Å². The summed E-state index contributed by atoms with van der Waals surface area (Å²) in [6.07, 6.45) is 2.46. The number of aryl methyl sites for hydroxylation is 1. The van der Waals surface area contributed by atoms with E-state index in [9.17, 15) is 4.79 Å². The van der Waals surface area contributed by atoms with Crippen LogP contribution < -0.4 is 5.73 Å². The number of aromatic nitrogens is 4. The molecule has 1 heterocycles. The summed E-state index contributed by atoms with van der Waals surface area (Å²) < 4.78 is 0. The van der Waals surface area contributed by atoms with Crippen LogP contribution in [0, 0.1) is 0 Å². The topological polar surface area (TPSA) is 97.5 Å². The van der Waals surface area contributed by atoms with E-state index >= 15 is 0 Å². The van der Waals surface area contributed by atoms with Gasteiger partial charge in [0.15, 0.2) is 5.82 Å². The Morgan fingerprint density at radius 1 is 1.46 bits per heavy atom. The largest absolute Gasteiger partial charge is 0.330 e. The van der Waals surface area contributed by atoms with Crippen LogP contribution in [-0.4, -0.2) is 33.0 Å². The van der Waals surface area contributed by atoms with Gasteiger partial charge in [0.25, 0.3) is 0 Å². The third kappa shape index (κ3) is 3.75. The van der Waals surface area contributed by atoms with Gasteiger partial charge in [-0.2, -0.15) is 5.21 Å². The van der Waals surface area contributed by atoms with Crippen molar-refractivity contribution in [2.45, 2.75) is 25.7 Å². The summed E-state index contributed by atoms with van der Waals surface area (Å²) in [5.74, 6) is 0.853. The molecule has 1 aromatic rings. The molecule has 0 aliphatic rings. The van der Waals surface area contributed by atoms with Crippen molar-refractivity contribution in [3.8, 4) is 0 Å². The molecular formula is C7H13N5O. The predicted molar refractivity (Wildman–Crippen MR) is 45.8 cm³/mol. The summed E-state index contributed by atoms with van der Waals surface area (Å²) in [4.78, 5) is 11.0. The lowest BCUT2D eigenvalue weighted by molar-refractivity contribution is -0.118. The van der Waals surface area contributed by atoms with Crippen LogP contribution in [0.5, 0.6) is 0 Å². The quantitative estimate of drug-likeness (QED) is 0.616. The van der Waals surface area contributed by atoms with Gasteiger partial charge >= 0.3 is 0 Å². The molecular weight excluding hydrogens is 170 g/mol. The van der Waals surface area contributed by atoms with Crippen molar-refractivity contribution < 1.29 is 4.79 Å². The van der Waals surface area contributed by atoms with E-state index in [0.717, 1.165) is 6.42 Å². The highest BCUT2D eigenvalue weighted by Gasteiger charge is 2.02. The molecule has 72 valence electrons. The highest BCUT2D eigenvalue weighted by atomic mass is 16.1. The van der Waals surface area contributed by atoms with Crippen molar-refractivity contribution in [1.82, 2.24) is 20.6 Å². The molecule has 0 aromatic carbocycles. The summed E-state index contributed by atoms with van der Waals surface area (Å²) in [7, 11) is 0. The number of tetrazole rings is 1. The SMILES string of the molecule is NCCC(=O)CCCc1nn[nH]n1. The van der Waals surface area contributed by atoms with Crippen LogP contribution >= 0.6 is 0 Å². The first-order chi connectivity index (χ1) is 6.33. The van der Waals surface area contributed by atoms with Crippen LogP contribution in [-0.2, 0) is 11.2 Å². The van der Waals surface area contributed by atoms with Crippen LogP contribution in [0.25, 0.3) is 0 Å². The maximum absolute atomic E-state index is 11.0.